The molecule has 5 rings (SSSR count). The number of aromatic nitrogens is 3. The second-order valence-electron chi connectivity index (χ2n) is 7.98. The molecule has 1 aliphatic rings. The van der Waals surface area contributed by atoms with E-state index < -0.39 is 0 Å². The molecule has 1 aromatic carbocycles. The summed E-state index contributed by atoms with van der Waals surface area (Å²) in [5, 5.41) is 15.1. The molecule has 0 saturated carbocycles. The summed E-state index contributed by atoms with van der Waals surface area (Å²) >= 11 is 1.20. The Balaban J connectivity index is 1.33. The number of nitrogens with one attached hydrogen (secondary N) is 2. The van der Waals surface area contributed by atoms with Gasteiger partial charge in [0.2, 0.25) is 0 Å². The fourth-order valence-corrected chi connectivity index (χ4v) is 4.68. The smallest absolute Gasteiger partial charge is 0.291 e. The van der Waals surface area contributed by atoms with Crippen LogP contribution in [0.2, 0.25) is 0 Å². The predicted molar refractivity (Wildman–Crippen MR) is 127 cm³/mol. The molecule has 0 aliphatic carbocycles. The van der Waals surface area contributed by atoms with Crippen molar-refractivity contribution < 1.29 is 14.0 Å². The molecule has 4 aromatic rings. The van der Waals surface area contributed by atoms with E-state index in [9.17, 15) is 9.59 Å². The van der Waals surface area contributed by atoms with Crippen molar-refractivity contribution in [3.8, 4) is 11.4 Å². The lowest BCUT2D eigenvalue weighted by atomic mass is 10.1. The molecule has 8 nitrogen and oxygen atoms in total. The summed E-state index contributed by atoms with van der Waals surface area (Å²) in [7, 11) is 0. The number of anilines is 2. The van der Waals surface area contributed by atoms with Gasteiger partial charge in [-0.05, 0) is 55.7 Å². The molecule has 0 atom stereocenters. The first kappa shape index (κ1) is 21.1. The van der Waals surface area contributed by atoms with Crippen LogP contribution in [0.3, 0.4) is 0 Å². The monoisotopic (exact) mass is 461 g/mol. The third kappa shape index (κ3) is 4.45. The van der Waals surface area contributed by atoms with Crippen LogP contribution in [0.5, 0.6) is 0 Å². The Morgan fingerprint density at radius 2 is 1.94 bits per heavy atom. The highest BCUT2D eigenvalue weighted by Crippen LogP contribution is 2.28. The van der Waals surface area contributed by atoms with E-state index in [-0.39, 0.29) is 17.6 Å². The van der Waals surface area contributed by atoms with Gasteiger partial charge in [0.1, 0.15) is 5.82 Å². The van der Waals surface area contributed by atoms with Gasteiger partial charge < -0.3 is 19.6 Å². The van der Waals surface area contributed by atoms with E-state index in [1.54, 1.807) is 24.3 Å². The van der Waals surface area contributed by atoms with E-state index in [0.717, 1.165) is 54.3 Å². The van der Waals surface area contributed by atoms with Crippen LogP contribution < -0.4 is 10.6 Å². The van der Waals surface area contributed by atoms with Gasteiger partial charge >= 0.3 is 0 Å². The van der Waals surface area contributed by atoms with Gasteiger partial charge in [-0.2, -0.15) is 0 Å². The van der Waals surface area contributed by atoms with Crippen LogP contribution in [-0.4, -0.2) is 26.6 Å². The third-order valence-corrected chi connectivity index (χ3v) is 6.66. The van der Waals surface area contributed by atoms with E-state index in [2.05, 4.69) is 25.4 Å². The Hall–Kier alpha value is -3.72. The number of benzene rings is 1. The van der Waals surface area contributed by atoms with Gasteiger partial charge in [0.25, 0.3) is 11.8 Å². The predicted octanol–water partition coefficient (Wildman–Crippen LogP) is 5.14. The number of thiophene rings is 1. The van der Waals surface area contributed by atoms with Gasteiger partial charge in [-0.1, -0.05) is 18.6 Å². The van der Waals surface area contributed by atoms with E-state index in [1.165, 1.54) is 24.0 Å². The van der Waals surface area contributed by atoms with Crippen molar-refractivity contribution in [3.63, 3.8) is 0 Å². The van der Waals surface area contributed by atoms with Crippen LogP contribution in [-0.2, 0) is 13.0 Å². The summed E-state index contributed by atoms with van der Waals surface area (Å²) in [6.45, 7) is 2.86. The molecule has 168 valence electrons. The summed E-state index contributed by atoms with van der Waals surface area (Å²) in [4.78, 5) is 25.5. The normalized spacial score (nSPS) is 13.2. The molecule has 4 heterocycles. The van der Waals surface area contributed by atoms with Crippen LogP contribution in [0.25, 0.3) is 11.4 Å². The Morgan fingerprint density at radius 3 is 2.79 bits per heavy atom. The topological polar surface area (TPSA) is 102 Å². The van der Waals surface area contributed by atoms with Crippen molar-refractivity contribution in [2.45, 2.75) is 39.2 Å². The first-order chi connectivity index (χ1) is 16.1. The lowest BCUT2D eigenvalue weighted by molar-refractivity contribution is 0.0995. The fraction of sp³-hybridized carbons (Fsp3) is 0.250. The SMILES string of the molecule is Cc1ccc(-c2nnc3n2CCCCC3)cc1NC(=O)c1ccc(NC(=O)c2ccco2)s1. The Bertz CT molecular complexity index is 1310. The number of furan rings is 1. The maximum absolute atomic E-state index is 12.9. The number of nitrogens with zero attached hydrogens (tertiary/aromatic N) is 3. The zero-order valence-corrected chi connectivity index (χ0v) is 18.9. The largest absolute Gasteiger partial charge is 0.459 e. The molecule has 0 saturated heterocycles. The minimum Gasteiger partial charge on any atom is -0.459 e. The molecule has 2 N–H and O–H groups in total. The molecule has 33 heavy (non-hydrogen) atoms. The molecular weight excluding hydrogens is 438 g/mol. The van der Waals surface area contributed by atoms with Gasteiger partial charge in [0, 0.05) is 24.2 Å². The standard InChI is InChI=1S/C24H23N5O3S/c1-15-8-9-16(22-28-27-20-7-3-2-4-12-29(20)22)14-17(15)25-24(31)19-10-11-21(33-19)26-23(30)18-6-5-13-32-18/h5-6,8-11,13-14H,2-4,7,12H2,1H3,(H,25,31)(H,26,30). The quantitative estimate of drug-likeness (QED) is 0.428. The van der Waals surface area contributed by atoms with E-state index in [4.69, 9.17) is 4.42 Å². The van der Waals surface area contributed by atoms with Crippen LogP contribution in [0, 0.1) is 6.92 Å². The van der Waals surface area contributed by atoms with E-state index in [0.29, 0.717) is 9.88 Å². The van der Waals surface area contributed by atoms with Crippen molar-refractivity contribution in [1.82, 2.24) is 14.8 Å². The van der Waals surface area contributed by atoms with Gasteiger partial charge in [-0.3, -0.25) is 9.59 Å². The van der Waals surface area contributed by atoms with Gasteiger partial charge in [-0.25, -0.2) is 0 Å². The van der Waals surface area contributed by atoms with Crippen molar-refractivity contribution in [1.29, 1.82) is 0 Å². The number of hydrogen-bond acceptors (Lipinski definition) is 6. The molecule has 0 radical (unpaired) electrons. The Labute approximate surface area is 194 Å². The molecule has 1 aliphatic heterocycles. The molecule has 2 amide bonds. The molecule has 3 aromatic heterocycles. The molecule has 0 bridgehead atoms. The summed E-state index contributed by atoms with van der Waals surface area (Å²) < 4.78 is 7.29. The van der Waals surface area contributed by atoms with Gasteiger partial charge in [-0.15, -0.1) is 21.5 Å². The van der Waals surface area contributed by atoms with E-state index >= 15 is 0 Å². The number of amides is 2. The fourth-order valence-electron chi connectivity index (χ4n) is 3.89. The number of carbonyl (C=O) groups is 2. The van der Waals surface area contributed by atoms with Crippen molar-refractivity contribution in [2.24, 2.45) is 0 Å². The summed E-state index contributed by atoms with van der Waals surface area (Å²) in [5.41, 5.74) is 2.60. The summed E-state index contributed by atoms with van der Waals surface area (Å²) in [6, 6.07) is 12.6. The zero-order chi connectivity index (χ0) is 22.8. The maximum atomic E-state index is 12.9. The van der Waals surface area contributed by atoms with Gasteiger partial charge in [0.05, 0.1) is 16.1 Å². The minimum atomic E-state index is -0.357. The summed E-state index contributed by atoms with van der Waals surface area (Å²) in [6.07, 6.45) is 5.83. The van der Waals surface area contributed by atoms with Crippen molar-refractivity contribution in [3.05, 3.63) is 70.8 Å². The number of rotatable bonds is 5. The van der Waals surface area contributed by atoms with E-state index in [1.807, 2.05) is 25.1 Å². The Morgan fingerprint density at radius 1 is 1.03 bits per heavy atom. The average molecular weight is 462 g/mol. The molecular formula is C24H23N5O3S. The maximum Gasteiger partial charge on any atom is 0.291 e. The number of fused-ring (bicyclic) bond motifs is 1. The molecule has 0 spiro atoms. The molecule has 9 heteroatoms. The first-order valence-corrected chi connectivity index (χ1v) is 11.7. The number of aryl methyl sites for hydroxylation is 2. The molecule has 0 unspecified atom stereocenters. The van der Waals surface area contributed by atoms with Crippen LogP contribution >= 0.6 is 11.3 Å². The second-order valence-corrected chi connectivity index (χ2v) is 9.07. The third-order valence-electron chi connectivity index (χ3n) is 5.66. The highest BCUT2D eigenvalue weighted by molar-refractivity contribution is 7.18. The lowest BCUT2D eigenvalue weighted by Gasteiger charge is -2.11. The van der Waals surface area contributed by atoms with Crippen LogP contribution in [0.1, 0.15) is 50.9 Å². The summed E-state index contributed by atoms with van der Waals surface area (Å²) in [5.74, 6) is 1.48. The lowest BCUT2D eigenvalue weighted by Crippen LogP contribution is -2.12. The van der Waals surface area contributed by atoms with Crippen LogP contribution in [0.15, 0.2) is 53.1 Å². The van der Waals surface area contributed by atoms with Crippen LogP contribution in [0.4, 0.5) is 10.7 Å². The van der Waals surface area contributed by atoms with Gasteiger partial charge in [0.15, 0.2) is 11.6 Å². The minimum absolute atomic E-state index is 0.216. The number of carbonyl (C=O) groups excluding carboxylic acids is 2. The first-order valence-electron chi connectivity index (χ1n) is 10.9. The highest BCUT2D eigenvalue weighted by atomic mass is 32.1. The second kappa shape index (κ2) is 9.03. The highest BCUT2D eigenvalue weighted by Gasteiger charge is 2.18. The van der Waals surface area contributed by atoms with Crippen molar-refractivity contribution in [2.75, 3.05) is 10.6 Å². The number of hydrogen-bond donors (Lipinski definition) is 2. The molecule has 0 fully saturated rings. The Kier molecular flexibility index (Phi) is 5.78. The zero-order valence-electron chi connectivity index (χ0n) is 18.1. The average Bonchev–Trinajstić information content (AvgIpc) is 3.55. The van der Waals surface area contributed by atoms with Crippen molar-refractivity contribution >= 4 is 33.8 Å².